The summed E-state index contributed by atoms with van der Waals surface area (Å²) in [6.07, 6.45) is 0. The third-order valence-corrected chi connectivity index (χ3v) is 5.61. The highest BCUT2D eigenvalue weighted by atomic mass is 32.2. The Labute approximate surface area is 139 Å². The van der Waals surface area contributed by atoms with Crippen LogP contribution in [0.15, 0.2) is 36.4 Å². The van der Waals surface area contributed by atoms with Crippen LogP contribution >= 0.6 is 0 Å². The number of hydrogen-bond donors (Lipinski definition) is 1. The predicted octanol–water partition coefficient (Wildman–Crippen LogP) is 4.10. The Morgan fingerprint density at radius 2 is 1.48 bits per heavy atom. The van der Waals surface area contributed by atoms with Gasteiger partial charge in [0.25, 0.3) is 0 Å². The molecule has 0 heterocycles. The monoisotopic (exact) mass is 331 g/mol. The molecule has 0 aliphatic heterocycles. The summed E-state index contributed by atoms with van der Waals surface area (Å²) in [6.45, 7) is 10.0. The van der Waals surface area contributed by atoms with Gasteiger partial charge in [-0.25, -0.2) is 13.1 Å². The van der Waals surface area contributed by atoms with E-state index in [-0.39, 0.29) is 11.8 Å². The van der Waals surface area contributed by atoms with Gasteiger partial charge in [0.2, 0.25) is 10.0 Å². The second-order valence-electron chi connectivity index (χ2n) is 6.38. The fourth-order valence-corrected chi connectivity index (χ4v) is 4.11. The van der Waals surface area contributed by atoms with E-state index in [1.165, 1.54) is 11.1 Å². The molecule has 0 aliphatic rings. The number of hydrogen-bond acceptors (Lipinski definition) is 2. The van der Waals surface area contributed by atoms with Gasteiger partial charge in [-0.15, -0.1) is 0 Å². The lowest BCUT2D eigenvalue weighted by molar-refractivity contribution is 0.565. The maximum atomic E-state index is 12.4. The number of sulfonamides is 1. The average Bonchev–Trinajstić information content (AvgIpc) is 2.44. The van der Waals surface area contributed by atoms with Crippen LogP contribution in [0.4, 0.5) is 0 Å². The lowest BCUT2D eigenvalue weighted by atomic mass is 9.97. The van der Waals surface area contributed by atoms with Gasteiger partial charge in [-0.3, -0.25) is 0 Å². The minimum Gasteiger partial charge on any atom is -0.212 e. The second kappa shape index (κ2) is 6.85. The Balaban J connectivity index is 2.16. The lowest BCUT2D eigenvalue weighted by Crippen LogP contribution is -2.28. The molecule has 2 aromatic rings. The topological polar surface area (TPSA) is 46.2 Å². The van der Waals surface area contributed by atoms with Gasteiger partial charge in [-0.1, -0.05) is 42.0 Å². The van der Waals surface area contributed by atoms with Crippen LogP contribution in [-0.2, 0) is 15.8 Å². The van der Waals surface area contributed by atoms with E-state index in [0.717, 1.165) is 22.3 Å². The van der Waals surface area contributed by atoms with E-state index in [0.29, 0.717) is 0 Å². The summed E-state index contributed by atoms with van der Waals surface area (Å²) < 4.78 is 27.6. The van der Waals surface area contributed by atoms with E-state index in [2.05, 4.69) is 23.8 Å². The van der Waals surface area contributed by atoms with Gasteiger partial charge in [0, 0.05) is 6.04 Å². The smallest absolute Gasteiger partial charge is 0.212 e. The van der Waals surface area contributed by atoms with Crippen LogP contribution in [0.5, 0.6) is 0 Å². The number of nitrogens with one attached hydrogen (secondary N) is 1. The van der Waals surface area contributed by atoms with Gasteiger partial charge in [0.15, 0.2) is 0 Å². The van der Waals surface area contributed by atoms with E-state index in [4.69, 9.17) is 0 Å². The van der Waals surface area contributed by atoms with Crippen molar-refractivity contribution in [2.75, 3.05) is 0 Å². The van der Waals surface area contributed by atoms with Crippen LogP contribution in [0.3, 0.4) is 0 Å². The first kappa shape index (κ1) is 17.7. The molecule has 2 rings (SSSR count). The van der Waals surface area contributed by atoms with Crippen molar-refractivity contribution >= 4 is 10.0 Å². The molecule has 0 saturated heterocycles. The third kappa shape index (κ3) is 4.66. The molecule has 0 fully saturated rings. The highest BCUT2D eigenvalue weighted by molar-refractivity contribution is 7.88. The molecule has 3 nitrogen and oxygen atoms in total. The van der Waals surface area contributed by atoms with Gasteiger partial charge in [0.05, 0.1) is 5.75 Å². The Morgan fingerprint density at radius 1 is 0.913 bits per heavy atom. The van der Waals surface area contributed by atoms with Crippen molar-refractivity contribution in [2.24, 2.45) is 0 Å². The van der Waals surface area contributed by atoms with Crippen molar-refractivity contribution < 1.29 is 8.42 Å². The summed E-state index contributed by atoms with van der Waals surface area (Å²) in [6, 6.07) is 11.5. The van der Waals surface area contributed by atoms with Crippen LogP contribution < -0.4 is 4.72 Å². The summed E-state index contributed by atoms with van der Waals surface area (Å²) in [7, 11) is -3.38. The molecule has 124 valence electrons. The van der Waals surface area contributed by atoms with Crippen LogP contribution in [0.2, 0.25) is 0 Å². The Hall–Kier alpha value is -1.65. The summed E-state index contributed by atoms with van der Waals surface area (Å²) in [5, 5.41) is 0. The van der Waals surface area contributed by atoms with Crippen molar-refractivity contribution in [2.45, 2.75) is 46.4 Å². The number of aryl methyl sites for hydroxylation is 4. The molecule has 0 unspecified atom stereocenters. The second-order valence-corrected chi connectivity index (χ2v) is 8.13. The molecule has 0 aromatic heterocycles. The molecule has 2 aromatic carbocycles. The quantitative estimate of drug-likeness (QED) is 0.896. The van der Waals surface area contributed by atoms with E-state index < -0.39 is 10.0 Å². The van der Waals surface area contributed by atoms with Crippen molar-refractivity contribution in [3.05, 3.63) is 69.8 Å². The van der Waals surface area contributed by atoms with Crippen LogP contribution in [-0.4, -0.2) is 8.42 Å². The maximum absolute atomic E-state index is 12.4. The predicted molar refractivity (Wildman–Crippen MR) is 96.0 cm³/mol. The molecule has 0 spiro atoms. The Kier molecular flexibility index (Phi) is 5.27. The zero-order valence-corrected chi connectivity index (χ0v) is 15.3. The maximum Gasteiger partial charge on any atom is 0.216 e. The zero-order chi connectivity index (χ0) is 17.2. The van der Waals surface area contributed by atoms with E-state index in [1.54, 1.807) is 0 Å². The first-order chi connectivity index (χ1) is 10.7. The fourth-order valence-electron chi connectivity index (χ4n) is 2.73. The van der Waals surface area contributed by atoms with E-state index >= 15 is 0 Å². The fraction of sp³-hybridized carbons (Fsp3) is 0.368. The zero-order valence-electron chi connectivity index (χ0n) is 14.5. The molecular weight excluding hydrogens is 306 g/mol. The largest absolute Gasteiger partial charge is 0.216 e. The van der Waals surface area contributed by atoms with Gasteiger partial charge < -0.3 is 0 Å². The van der Waals surface area contributed by atoms with E-state index in [1.807, 2.05) is 52.0 Å². The molecule has 0 aliphatic carbocycles. The number of benzene rings is 2. The standard InChI is InChI=1S/C19H25NO2S/c1-13-6-8-18(9-7-13)12-23(21,22)20-17(5)19-11-15(3)14(2)10-16(19)4/h6-11,17,20H,12H2,1-5H3/t17-/m0/s1. The van der Waals surface area contributed by atoms with E-state index in [9.17, 15) is 8.42 Å². The van der Waals surface area contributed by atoms with Gasteiger partial charge in [-0.05, 0) is 62.4 Å². The molecule has 1 N–H and O–H groups in total. The highest BCUT2D eigenvalue weighted by Gasteiger charge is 2.18. The molecule has 1 atom stereocenters. The summed E-state index contributed by atoms with van der Waals surface area (Å²) in [4.78, 5) is 0. The SMILES string of the molecule is Cc1ccc(CS(=O)(=O)N[C@@H](C)c2cc(C)c(C)cc2C)cc1. The molecule has 0 radical (unpaired) electrons. The van der Waals surface area contributed by atoms with Crippen LogP contribution in [0.25, 0.3) is 0 Å². The Bertz CT molecular complexity index is 793. The minimum atomic E-state index is -3.38. The summed E-state index contributed by atoms with van der Waals surface area (Å²) in [5.41, 5.74) is 6.46. The molecular formula is C19H25NO2S. The first-order valence-electron chi connectivity index (χ1n) is 7.81. The summed E-state index contributed by atoms with van der Waals surface area (Å²) >= 11 is 0. The molecule has 0 saturated carbocycles. The van der Waals surface area contributed by atoms with Crippen LogP contribution in [0.1, 0.15) is 46.3 Å². The van der Waals surface area contributed by atoms with Crippen molar-refractivity contribution in [1.29, 1.82) is 0 Å². The highest BCUT2D eigenvalue weighted by Crippen LogP contribution is 2.22. The summed E-state index contributed by atoms with van der Waals surface area (Å²) in [5.74, 6) is 0.00150. The average molecular weight is 331 g/mol. The minimum absolute atomic E-state index is 0.00150. The van der Waals surface area contributed by atoms with Gasteiger partial charge in [0.1, 0.15) is 0 Å². The molecule has 0 amide bonds. The van der Waals surface area contributed by atoms with Crippen molar-refractivity contribution in [3.63, 3.8) is 0 Å². The normalized spacial score (nSPS) is 13.1. The molecule has 0 bridgehead atoms. The van der Waals surface area contributed by atoms with Gasteiger partial charge >= 0.3 is 0 Å². The Morgan fingerprint density at radius 3 is 2.09 bits per heavy atom. The van der Waals surface area contributed by atoms with Crippen molar-refractivity contribution in [1.82, 2.24) is 4.72 Å². The van der Waals surface area contributed by atoms with Crippen molar-refractivity contribution in [3.8, 4) is 0 Å². The number of rotatable bonds is 5. The molecule has 4 heteroatoms. The third-order valence-electron chi connectivity index (χ3n) is 4.18. The van der Waals surface area contributed by atoms with Crippen LogP contribution in [0, 0.1) is 27.7 Å². The lowest BCUT2D eigenvalue weighted by Gasteiger charge is -2.18. The first-order valence-corrected chi connectivity index (χ1v) is 9.46. The van der Waals surface area contributed by atoms with Gasteiger partial charge in [-0.2, -0.15) is 0 Å². The molecule has 23 heavy (non-hydrogen) atoms.